The summed E-state index contributed by atoms with van der Waals surface area (Å²) in [7, 11) is -5.87. The van der Waals surface area contributed by atoms with E-state index in [1.54, 1.807) is 69.3 Å². The molecule has 4 aliphatic carbocycles. The second kappa shape index (κ2) is 40.9. The fraction of sp³-hybridized carbons (Fsp3) is 0.472. The SMILES string of the molecule is CCC(C)(C)C(=O)O.CCC(C)(C)C(=O)OC(C)C(F)(F)S(=O)(=O)[O-].CCC(C)(C)C(=O)OC1(CC)CC2CC1C1C3CCC(C3)C21.CCC(C)(C)C(=O)Oc1ccc(O)cc1.CCC(C)(C)C(=O)Oc1ccc2sc(=O)oc2c1.O=C([O-])c1cccc2ccccc12.[Zn+2].c1ccc([S+](c2ccccc2)c2ccccc2)cc1. The molecular weight excluding hydrogens is 1560 g/mol. The molecule has 608 valence electrons. The normalized spacial score (nSPS) is 18.9. The number of rotatable bonds is 21. The monoisotopic (exact) mass is 1670 g/mol. The van der Waals surface area contributed by atoms with E-state index in [1.807, 2.05) is 86.6 Å². The topological polar surface area (TPSA) is 290 Å². The zero-order valence-electron chi connectivity index (χ0n) is 68.2. The number of carbonyl (C=O) groups excluding carboxylic acids is 5. The number of benzene rings is 7. The molecule has 4 aliphatic rings. The third kappa shape index (κ3) is 24.9. The first kappa shape index (κ1) is 95.4. The van der Waals surface area contributed by atoms with Crippen LogP contribution in [0.25, 0.3) is 21.1 Å². The summed E-state index contributed by atoms with van der Waals surface area (Å²) < 4.78 is 83.7. The molecule has 12 rings (SSSR count). The number of hydrogen-bond acceptors (Lipinski definition) is 18. The molecule has 113 heavy (non-hydrogen) atoms. The van der Waals surface area contributed by atoms with Crippen LogP contribution in [0.15, 0.2) is 200 Å². The van der Waals surface area contributed by atoms with Gasteiger partial charge in [0, 0.05) is 17.5 Å². The first-order valence-corrected chi connectivity index (χ1v) is 41.7. The van der Waals surface area contributed by atoms with Crippen LogP contribution in [-0.2, 0) is 73.9 Å². The Morgan fingerprint density at radius 3 is 1.46 bits per heavy atom. The number of phenolic OH excluding ortho intramolecular Hbond substituents is 1. The summed E-state index contributed by atoms with van der Waals surface area (Å²) >= 11 is 1.03. The minimum Gasteiger partial charge on any atom is -0.743 e. The van der Waals surface area contributed by atoms with Crippen LogP contribution in [0.5, 0.6) is 17.2 Å². The molecule has 8 unspecified atom stereocenters. The molecule has 1 aromatic heterocycles. The van der Waals surface area contributed by atoms with E-state index in [1.165, 1.54) is 66.3 Å². The van der Waals surface area contributed by atoms with E-state index in [9.17, 15) is 60.4 Å². The fourth-order valence-electron chi connectivity index (χ4n) is 13.3. The molecule has 24 heteroatoms. The average molecular weight is 1670 g/mol. The summed E-state index contributed by atoms with van der Waals surface area (Å²) in [5.41, 5.74) is -2.32. The minimum absolute atomic E-state index is 0. The van der Waals surface area contributed by atoms with E-state index < -0.39 is 61.0 Å². The van der Waals surface area contributed by atoms with Gasteiger partial charge < -0.3 is 48.0 Å². The number of aromatic hydroxyl groups is 1. The van der Waals surface area contributed by atoms with Gasteiger partial charge in [-0.1, -0.05) is 150 Å². The van der Waals surface area contributed by atoms with Gasteiger partial charge in [0.25, 0.3) is 0 Å². The molecule has 2 N–H and O–H groups in total. The number of alkyl halides is 2. The van der Waals surface area contributed by atoms with Crippen molar-refractivity contribution in [1.82, 2.24) is 0 Å². The van der Waals surface area contributed by atoms with Gasteiger partial charge >= 0.3 is 59.5 Å². The van der Waals surface area contributed by atoms with Crippen molar-refractivity contribution < 1.29 is 109 Å². The molecule has 0 aliphatic heterocycles. The number of ether oxygens (including phenoxy) is 4. The molecule has 1 heterocycles. The summed E-state index contributed by atoms with van der Waals surface area (Å²) in [4.78, 5) is 83.5. The average Bonchev–Trinajstić information content (AvgIpc) is 1.53. The molecule has 4 saturated carbocycles. The molecule has 18 nitrogen and oxygen atoms in total. The van der Waals surface area contributed by atoms with Gasteiger partial charge in [0.2, 0.25) is 0 Å². The van der Waals surface area contributed by atoms with Crippen LogP contribution < -0.4 is 19.5 Å². The summed E-state index contributed by atoms with van der Waals surface area (Å²) in [5.74, 6) is 3.05. The van der Waals surface area contributed by atoms with Crippen molar-refractivity contribution >= 4 is 89.2 Å². The number of esters is 4. The van der Waals surface area contributed by atoms with E-state index in [-0.39, 0.29) is 75.5 Å². The van der Waals surface area contributed by atoms with Gasteiger partial charge in [-0.15, -0.1) is 0 Å². The van der Waals surface area contributed by atoms with Gasteiger partial charge in [-0.2, -0.15) is 8.78 Å². The predicted molar refractivity (Wildman–Crippen MR) is 431 cm³/mol. The number of aromatic carboxylic acids is 1. The number of phenols is 1. The predicted octanol–water partition coefficient (Wildman–Crippen LogP) is 19.7. The van der Waals surface area contributed by atoms with Crippen LogP contribution in [0.4, 0.5) is 8.78 Å². The molecule has 4 fully saturated rings. The third-order valence-electron chi connectivity index (χ3n) is 22.6. The minimum atomic E-state index is -5.86. The number of hydrogen-bond donors (Lipinski definition) is 2. The van der Waals surface area contributed by atoms with Gasteiger partial charge in [-0.3, -0.25) is 24.0 Å². The molecule has 0 spiro atoms. The van der Waals surface area contributed by atoms with Crippen LogP contribution in [0.1, 0.15) is 199 Å². The van der Waals surface area contributed by atoms with Crippen LogP contribution in [-0.4, -0.2) is 76.0 Å². The van der Waals surface area contributed by atoms with Gasteiger partial charge in [-0.25, -0.2) is 13.2 Å². The molecular formula is C89H111F2O18S3Zn+. The van der Waals surface area contributed by atoms with E-state index in [2.05, 4.69) is 110 Å². The summed E-state index contributed by atoms with van der Waals surface area (Å²) in [6, 6.07) is 55.7. The van der Waals surface area contributed by atoms with Crippen molar-refractivity contribution in [2.24, 2.45) is 62.6 Å². The zero-order chi connectivity index (χ0) is 83.5. The number of carbonyl (C=O) groups is 6. The van der Waals surface area contributed by atoms with Crippen molar-refractivity contribution in [3.8, 4) is 17.2 Å². The van der Waals surface area contributed by atoms with Crippen LogP contribution in [0.2, 0.25) is 0 Å². The van der Waals surface area contributed by atoms with Gasteiger partial charge in [0.1, 0.15) is 22.8 Å². The number of carboxylic acids is 2. The number of carboxylic acid groups (broad SMARTS) is 2. The van der Waals surface area contributed by atoms with E-state index in [0.717, 1.165) is 82.1 Å². The second-order valence-electron chi connectivity index (χ2n) is 32.1. The summed E-state index contributed by atoms with van der Waals surface area (Å²) in [6.07, 6.45) is 8.90. The first-order chi connectivity index (χ1) is 52.4. The zero-order valence-corrected chi connectivity index (χ0v) is 73.6. The Morgan fingerprint density at radius 2 is 1.01 bits per heavy atom. The molecule has 8 atom stereocenters. The Bertz CT molecular complexity index is 4520. The Balaban J connectivity index is 0.000000239. The van der Waals surface area contributed by atoms with Gasteiger partial charge in [-0.05, 0) is 260 Å². The quantitative estimate of drug-likeness (QED) is 0.0169. The molecule has 7 aromatic carbocycles. The van der Waals surface area contributed by atoms with Crippen LogP contribution in [0.3, 0.4) is 0 Å². The standard InChI is InChI=1S/C20H32O2.C18H15S.C13H14O4S.C12H16O3.C11H8O2.C9H16F2O5S.C6H12O2.Zn/c1-5-19(3,4)18(21)22-20(6-2)11-14-10-15(20)17-13-8-7-12(9-13)16(14)17;1-4-10-16(11-5-1)19(17-12-6-2-7-13-17)18-14-8-3-9-15-18;1-4-13(2,3)11(14)16-8-5-6-10-9(7-8)17-12(15)18-10;1-4-12(2,3)11(14)15-10-7-5-9(13)6-8-10;12-11(13)10-7-3-5-8-4-1-2-6-9(8)10;1-5-8(3,4)7(12)16-6(2)9(10,11)17(13,14)15;1-4-6(2,3)5(7)8;/h12-17H,5-11H2,1-4H3;1-15H;5-7H,4H2,1-3H3;5-8,13H,4H2,1-3H3;1-7H,(H,12,13);6H,5H2,1-4H3,(H,13,14,15);4H2,1-3H3,(H,7,8);/q;+1;;;;;;+2/p-2. The van der Waals surface area contributed by atoms with E-state index >= 15 is 0 Å². The van der Waals surface area contributed by atoms with E-state index in [0.29, 0.717) is 49.2 Å². The van der Waals surface area contributed by atoms with Gasteiger partial charge in [0.05, 0.1) is 48.6 Å². The number of aliphatic carboxylic acids is 1. The summed E-state index contributed by atoms with van der Waals surface area (Å²) in [6.45, 7) is 30.2. The molecule has 0 saturated heterocycles. The number of halogens is 2. The molecule has 4 bridgehead atoms. The maximum Gasteiger partial charge on any atom is 2.00 e. The van der Waals surface area contributed by atoms with Crippen molar-refractivity contribution in [2.45, 2.75) is 220 Å². The maximum atomic E-state index is 13.0. The first-order valence-electron chi connectivity index (χ1n) is 38.3. The van der Waals surface area contributed by atoms with Crippen LogP contribution >= 0.6 is 11.3 Å². The van der Waals surface area contributed by atoms with Crippen molar-refractivity contribution in [1.29, 1.82) is 0 Å². The fourth-order valence-corrected chi connectivity index (χ4v) is 16.5. The second-order valence-corrected chi connectivity index (χ2v) is 36.5. The number of fused-ring (bicyclic) bond motifs is 11. The maximum absolute atomic E-state index is 13.0. The largest absolute Gasteiger partial charge is 2.00 e. The Labute approximate surface area is 684 Å². The van der Waals surface area contributed by atoms with Gasteiger partial charge in [0.15, 0.2) is 36.5 Å². The smallest absolute Gasteiger partial charge is 0.743 e. The van der Waals surface area contributed by atoms with E-state index in [4.69, 9.17) is 28.8 Å². The molecule has 0 radical (unpaired) electrons. The van der Waals surface area contributed by atoms with Crippen molar-refractivity contribution in [3.05, 3.63) is 191 Å². The summed E-state index contributed by atoms with van der Waals surface area (Å²) in [5, 5.41) is 25.2. The molecule has 0 amide bonds. The van der Waals surface area contributed by atoms with Crippen molar-refractivity contribution in [2.75, 3.05) is 0 Å². The Kier molecular flexibility index (Phi) is 34.6. The van der Waals surface area contributed by atoms with Crippen molar-refractivity contribution in [3.63, 3.8) is 0 Å². The Hall–Kier alpha value is -8.15. The third-order valence-corrected chi connectivity index (χ3v) is 26.6. The molecule has 8 aromatic rings. The van der Waals surface area contributed by atoms with Crippen LogP contribution in [0, 0.1) is 62.6 Å². The Morgan fingerprint density at radius 1 is 0.575 bits per heavy atom.